The van der Waals surface area contributed by atoms with Gasteiger partial charge in [0.25, 0.3) is 0 Å². The third-order valence-corrected chi connectivity index (χ3v) is 3.58. The molecule has 0 bridgehead atoms. The van der Waals surface area contributed by atoms with Crippen LogP contribution in [-0.4, -0.2) is 15.6 Å². The molecule has 0 spiro atoms. The lowest BCUT2D eigenvalue weighted by molar-refractivity contribution is 0.676. The maximum absolute atomic E-state index is 4.42. The molecule has 4 heteroatoms. The number of aromatic nitrogens is 2. The van der Waals surface area contributed by atoms with Crippen LogP contribution in [0.25, 0.3) is 0 Å². The first-order valence-corrected chi connectivity index (χ1v) is 7.07. The molecule has 1 heterocycles. The van der Waals surface area contributed by atoms with E-state index in [9.17, 15) is 0 Å². The van der Waals surface area contributed by atoms with E-state index < -0.39 is 0 Å². The minimum atomic E-state index is 0.736. The highest BCUT2D eigenvalue weighted by Crippen LogP contribution is 2.19. The van der Waals surface area contributed by atoms with Crippen molar-refractivity contribution in [2.24, 2.45) is 0 Å². The third-order valence-electron chi connectivity index (χ3n) is 3.09. The normalized spacial score (nSPS) is 14.9. The fraction of sp³-hybridized carbons (Fsp3) is 0.357. The number of imidazole rings is 1. The molecule has 1 fully saturated rings. The maximum Gasteiger partial charge on any atom is 0.0953 e. The smallest absolute Gasteiger partial charge is 0.0953 e. The lowest BCUT2D eigenvalue weighted by atomic mass is 10.2. The molecule has 1 aromatic carbocycles. The SMILES string of the molecule is Brc1cccc(Cn2cnc(CNC3CC3)c2)c1. The van der Waals surface area contributed by atoms with E-state index in [1.165, 1.54) is 18.4 Å². The van der Waals surface area contributed by atoms with Gasteiger partial charge in [0.2, 0.25) is 0 Å². The van der Waals surface area contributed by atoms with E-state index in [2.05, 4.69) is 55.2 Å². The molecule has 0 saturated heterocycles. The zero-order valence-corrected chi connectivity index (χ0v) is 11.7. The van der Waals surface area contributed by atoms with Crippen molar-refractivity contribution in [2.45, 2.75) is 32.0 Å². The Morgan fingerprint density at radius 1 is 1.39 bits per heavy atom. The Labute approximate surface area is 115 Å². The summed E-state index contributed by atoms with van der Waals surface area (Å²) in [4.78, 5) is 4.42. The zero-order valence-electron chi connectivity index (χ0n) is 10.1. The van der Waals surface area contributed by atoms with Crippen molar-refractivity contribution in [1.82, 2.24) is 14.9 Å². The van der Waals surface area contributed by atoms with Crippen LogP contribution in [0.15, 0.2) is 41.3 Å². The van der Waals surface area contributed by atoms with Gasteiger partial charge in [-0.05, 0) is 30.5 Å². The summed E-state index contributed by atoms with van der Waals surface area (Å²) < 4.78 is 3.25. The van der Waals surface area contributed by atoms with E-state index in [-0.39, 0.29) is 0 Å². The second-order valence-corrected chi connectivity index (χ2v) is 5.74. The van der Waals surface area contributed by atoms with Crippen LogP contribution in [0.4, 0.5) is 0 Å². The van der Waals surface area contributed by atoms with Gasteiger partial charge >= 0.3 is 0 Å². The summed E-state index contributed by atoms with van der Waals surface area (Å²) in [6.07, 6.45) is 6.67. The molecular formula is C14H16BrN3. The first-order chi connectivity index (χ1) is 8.79. The Hall–Kier alpha value is -1.13. The average Bonchev–Trinajstić information content (AvgIpc) is 3.08. The van der Waals surface area contributed by atoms with E-state index in [1.54, 1.807) is 0 Å². The molecule has 18 heavy (non-hydrogen) atoms. The zero-order chi connectivity index (χ0) is 12.4. The van der Waals surface area contributed by atoms with Gasteiger partial charge in [-0.3, -0.25) is 0 Å². The van der Waals surface area contributed by atoms with Crippen molar-refractivity contribution in [1.29, 1.82) is 0 Å². The Morgan fingerprint density at radius 2 is 2.28 bits per heavy atom. The molecule has 0 unspecified atom stereocenters. The van der Waals surface area contributed by atoms with Gasteiger partial charge in [-0.1, -0.05) is 28.1 Å². The molecule has 0 radical (unpaired) electrons. The van der Waals surface area contributed by atoms with Gasteiger partial charge in [-0.2, -0.15) is 0 Å². The van der Waals surface area contributed by atoms with Crippen molar-refractivity contribution in [3.8, 4) is 0 Å². The number of hydrogen-bond acceptors (Lipinski definition) is 2. The quantitative estimate of drug-likeness (QED) is 0.920. The molecule has 1 aliphatic carbocycles. The van der Waals surface area contributed by atoms with E-state index in [4.69, 9.17) is 0 Å². The Balaban J connectivity index is 1.61. The standard InChI is InChI=1S/C14H16BrN3/c15-12-3-1-2-11(6-12)8-18-9-14(17-10-18)7-16-13-4-5-13/h1-3,6,9-10,13,16H,4-5,7-8H2. The lowest BCUT2D eigenvalue weighted by Gasteiger charge is -2.03. The van der Waals surface area contributed by atoms with E-state index in [0.29, 0.717) is 0 Å². The summed E-state index contributed by atoms with van der Waals surface area (Å²) in [5.41, 5.74) is 2.40. The molecule has 1 saturated carbocycles. The fourth-order valence-corrected chi connectivity index (χ4v) is 2.41. The molecule has 1 N–H and O–H groups in total. The first kappa shape index (κ1) is 11.9. The summed E-state index contributed by atoms with van der Waals surface area (Å²) in [6.45, 7) is 1.76. The van der Waals surface area contributed by atoms with Crippen molar-refractivity contribution < 1.29 is 0 Å². The monoisotopic (exact) mass is 305 g/mol. The van der Waals surface area contributed by atoms with Crippen LogP contribution in [0.2, 0.25) is 0 Å². The highest BCUT2D eigenvalue weighted by Gasteiger charge is 2.20. The second kappa shape index (κ2) is 5.24. The molecule has 3 nitrogen and oxygen atoms in total. The number of benzene rings is 1. The van der Waals surface area contributed by atoms with Crippen LogP contribution >= 0.6 is 15.9 Å². The topological polar surface area (TPSA) is 29.9 Å². The molecular weight excluding hydrogens is 290 g/mol. The number of halogens is 1. The van der Waals surface area contributed by atoms with Crippen LogP contribution in [0.5, 0.6) is 0 Å². The fourth-order valence-electron chi connectivity index (χ4n) is 1.97. The molecule has 0 amide bonds. The van der Waals surface area contributed by atoms with E-state index in [0.717, 1.165) is 29.3 Å². The molecule has 1 aromatic heterocycles. The summed E-state index contributed by atoms with van der Waals surface area (Å²) in [5, 5.41) is 3.48. The van der Waals surface area contributed by atoms with Gasteiger partial charge in [0.15, 0.2) is 0 Å². The average molecular weight is 306 g/mol. The number of nitrogens with one attached hydrogen (secondary N) is 1. The van der Waals surface area contributed by atoms with Gasteiger partial charge < -0.3 is 9.88 Å². The highest BCUT2D eigenvalue weighted by molar-refractivity contribution is 9.10. The lowest BCUT2D eigenvalue weighted by Crippen LogP contribution is -2.15. The van der Waals surface area contributed by atoms with Gasteiger partial charge in [-0.15, -0.1) is 0 Å². The molecule has 2 aromatic rings. The molecule has 1 aliphatic rings. The Bertz CT molecular complexity index is 531. The van der Waals surface area contributed by atoms with Crippen LogP contribution in [0.3, 0.4) is 0 Å². The summed E-state index contributed by atoms with van der Waals surface area (Å²) in [5.74, 6) is 0. The van der Waals surface area contributed by atoms with Crippen LogP contribution in [0, 0.1) is 0 Å². The minimum Gasteiger partial charge on any atom is -0.333 e. The Morgan fingerprint density at radius 3 is 3.06 bits per heavy atom. The van der Waals surface area contributed by atoms with Crippen LogP contribution in [0.1, 0.15) is 24.1 Å². The predicted molar refractivity (Wildman–Crippen MR) is 75.3 cm³/mol. The summed E-state index contributed by atoms with van der Waals surface area (Å²) in [7, 11) is 0. The highest BCUT2D eigenvalue weighted by atomic mass is 79.9. The van der Waals surface area contributed by atoms with Gasteiger partial charge in [-0.25, -0.2) is 4.98 Å². The van der Waals surface area contributed by atoms with Crippen LogP contribution in [-0.2, 0) is 13.1 Å². The van der Waals surface area contributed by atoms with E-state index >= 15 is 0 Å². The van der Waals surface area contributed by atoms with Gasteiger partial charge in [0.05, 0.1) is 12.0 Å². The second-order valence-electron chi connectivity index (χ2n) is 4.82. The van der Waals surface area contributed by atoms with Crippen LogP contribution < -0.4 is 5.32 Å². The molecule has 3 rings (SSSR count). The predicted octanol–water partition coefficient (Wildman–Crippen LogP) is 2.95. The van der Waals surface area contributed by atoms with Gasteiger partial charge in [0, 0.05) is 29.8 Å². The number of rotatable bonds is 5. The van der Waals surface area contributed by atoms with Crippen molar-refractivity contribution in [3.05, 3.63) is 52.5 Å². The largest absolute Gasteiger partial charge is 0.333 e. The minimum absolute atomic E-state index is 0.736. The van der Waals surface area contributed by atoms with Gasteiger partial charge in [0.1, 0.15) is 0 Å². The summed E-state index contributed by atoms with van der Waals surface area (Å²) in [6, 6.07) is 9.11. The third kappa shape index (κ3) is 3.21. The number of hydrogen-bond donors (Lipinski definition) is 1. The molecule has 0 aliphatic heterocycles. The Kier molecular flexibility index (Phi) is 3.48. The first-order valence-electron chi connectivity index (χ1n) is 6.28. The maximum atomic E-state index is 4.42. The van der Waals surface area contributed by atoms with Crippen molar-refractivity contribution >= 4 is 15.9 Å². The molecule has 0 atom stereocenters. The van der Waals surface area contributed by atoms with Crippen molar-refractivity contribution in [3.63, 3.8) is 0 Å². The van der Waals surface area contributed by atoms with E-state index in [1.807, 2.05) is 12.4 Å². The molecule has 94 valence electrons. The number of nitrogens with zero attached hydrogens (tertiary/aromatic N) is 2. The van der Waals surface area contributed by atoms with Crippen molar-refractivity contribution in [2.75, 3.05) is 0 Å². The summed E-state index contributed by atoms with van der Waals surface area (Å²) >= 11 is 3.49.